The second-order valence-corrected chi connectivity index (χ2v) is 8.54. The number of hydrogen-bond acceptors (Lipinski definition) is 3. The van der Waals surface area contributed by atoms with Crippen molar-refractivity contribution >= 4 is 5.78 Å². The first-order valence-electron chi connectivity index (χ1n) is 9.53. The smallest absolute Gasteiger partial charge is 0.198 e. The van der Waals surface area contributed by atoms with Gasteiger partial charge < -0.3 is 0 Å². The SMILES string of the molecule is CC1(C)CCCC(C)(C)N1OC(C(=O)c1ccccc1)c1ccc(F)cc1. The van der Waals surface area contributed by atoms with Crippen LogP contribution in [0, 0.1) is 5.82 Å². The Hall–Kier alpha value is -2.04. The number of halogens is 1. The van der Waals surface area contributed by atoms with Crippen LogP contribution in [-0.2, 0) is 4.84 Å². The van der Waals surface area contributed by atoms with Crippen LogP contribution in [0.4, 0.5) is 4.39 Å². The highest BCUT2D eigenvalue weighted by atomic mass is 19.1. The fourth-order valence-electron chi connectivity index (χ4n) is 4.02. The summed E-state index contributed by atoms with van der Waals surface area (Å²) in [6, 6.07) is 15.1. The number of carbonyl (C=O) groups is 1. The molecule has 1 aliphatic rings. The van der Waals surface area contributed by atoms with E-state index in [-0.39, 0.29) is 22.7 Å². The van der Waals surface area contributed by atoms with Crippen molar-refractivity contribution in [2.75, 3.05) is 0 Å². The lowest BCUT2D eigenvalue weighted by atomic mass is 9.82. The maximum Gasteiger partial charge on any atom is 0.198 e. The zero-order chi connectivity index (χ0) is 19.7. The molecule has 3 rings (SSSR count). The summed E-state index contributed by atoms with van der Waals surface area (Å²) in [5.74, 6) is -0.456. The Morgan fingerprint density at radius 2 is 1.52 bits per heavy atom. The highest BCUT2D eigenvalue weighted by molar-refractivity contribution is 6.00. The third kappa shape index (κ3) is 4.28. The van der Waals surface area contributed by atoms with Crippen LogP contribution in [0.25, 0.3) is 0 Å². The van der Waals surface area contributed by atoms with Crippen molar-refractivity contribution < 1.29 is 14.0 Å². The van der Waals surface area contributed by atoms with Crippen LogP contribution in [0.3, 0.4) is 0 Å². The summed E-state index contributed by atoms with van der Waals surface area (Å²) in [4.78, 5) is 19.7. The van der Waals surface area contributed by atoms with Crippen LogP contribution in [0.1, 0.15) is 69.0 Å². The fraction of sp³-hybridized carbons (Fsp3) is 0.435. The van der Waals surface area contributed by atoms with Gasteiger partial charge in [0.25, 0.3) is 0 Å². The Kier molecular flexibility index (Phi) is 5.50. The van der Waals surface area contributed by atoms with Gasteiger partial charge in [-0.1, -0.05) is 42.5 Å². The summed E-state index contributed by atoms with van der Waals surface area (Å²) in [7, 11) is 0. The number of benzene rings is 2. The van der Waals surface area contributed by atoms with E-state index >= 15 is 0 Å². The lowest BCUT2D eigenvalue weighted by Gasteiger charge is -2.52. The fourth-order valence-corrected chi connectivity index (χ4v) is 4.02. The molecule has 0 amide bonds. The Morgan fingerprint density at radius 1 is 0.963 bits per heavy atom. The summed E-state index contributed by atoms with van der Waals surface area (Å²) in [5, 5.41) is 1.98. The molecule has 0 aromatic heterocycles. The van der Waals surface area contributed by atoms with Gasteiger partial charge in [-0.15, -0.1) is 0 Å². The molecule has 0 spiro atoms. The molecular formula is C23H28FNO2. The number of Topliss-reactive ketones (excluding diaryl/α,β-unsaturated/α-hetero) is 1. The van der Waals surface area contributed by atoms with Gasteiger partial charge in [0.15, 0.2) is 11.9 Å². The van der Waals surface area contributed by atoms with Gasteiger partial charge in [-0.3, -0.25) is 9.63 Å². The van der Waals surface area contributed by atoms with Gasteiger partial charge in [0.05, 0.1) is 0 Å². The predicted octanol–water partition coefficient (Wildman–Crippen LogP) is 5.72. The molecule has 1 aliphatic heterocycles. The van der Waals surface area contributed by atoms with Gasteiger partial charge in [0.2, 0.25) is 0 Å². The Bertz CT molecular complexity index is 768. The summed E-state index contributed by atoms with van der Waals surface area (Å²) in [5.41, 5.74) is 0.843. The molecule has 0 bridgehead atoms. The molecule has 2 aromatic carbocycles. The van der Waals surface area contributed by atoms with E-state index in [0.29, 0.717) is 11.1 Å². The van der Waals surface area contributed by atoms with Crippen LogP contribution in [0.5, 0.6) is 0 Å². The number of nitrogens with zero attached hydrogens (tertiary/aromatic N) is 1. The molecule has 27 heavy (non-hydrogen) atoms. The first-order chi connectivity index (χ1) is 12.7. The Balaban J connectivity index is 1.99. The van der Waals surface area contributed by atoms with Crippen LogP contribution in [0.15, 0.2) is 54.6 Å². The molecule has 0 radical (unpaired) electrons. The van der Waals surface area contributed by atoms with E-state index in [9.17, 15) is 9.18 Å². The van der Waals surface area contributed by atoms with Crippen molar-refractivity contribution in [3.05, 3.63) is 71.5 Å². The van der Waals surface area contributed by atoms with Crippen molar-refractivity contribution in [3.63, 3.8) is 0 Å². The molecule has 0 saturated carbocycles. The lowest BCUT2D eigenvalue weighted by molar-refractivity contribution is -0.296. The molecule has 144 valence electrons. The highest BCUT2D eigenvalue weighted by Gasteiger charge is 2.44. The summed E-state index contributed by atoms with van der Waals surface area (Å²) in [6.45, 7) is 8.57. The van der Waals surface area contributed by atoms with Crippen LogP contribution >= 0.6 is 0 Å². The van der Waals surface area contributed by atoms with Crippen molar-refractivity contribution in [1.82, 2.24) is 5.06 Å². The quantitative estimate of drug-likeness (QED) is 0.631. The van der Waals surface area contributed by atoms with E-state index in [4.69, 9.17) is 4.84 Å². The zero-order valence-electron chi connectivity index (χ0n) is 16.5. The van der Waals surface area contributed by atoms with Crippen LogP contribution < -0.4 is 0 Å². The molecule has 3 nitrogen and oxygen atoms in total. The van der Waals surface area contributed by atoms with Gasteiger partial charge in [-0.25, -0.2) is 4.39 Å². The first-order valence-corrected chi connectivity index (χ1v) is 9.53. The Morgan fingerprint density at radius 3 is 2.07 bits per heavy atom. The van der Waals surface area contributed by atoms with Gasteiger partial charge in [-0.05, 0) is 64.7 Å². The van der Waals surface area contributed by atoms with Gasteiger partial charge in [0.1, 0.15) is 5.82 Å². The second-order valence-electron chi connectivity index (χ2n) is 8.54. The molecular weight excluding hydrogens is 341 g/mol. The third-order valence-electron chi connectivity index (χ3n) is 5.36. The zero-order valence-corrected chi connectivity index (χ0v) is 16.5. The van der Waals surface area contributed by atoms with Crippen molar-refractivity contribution in [1.29, 1.82) is 0 Å². The molecule has 1 unspecified atom stereocenters. The highest BCUT2D eigenvalue weighted by Crippen LogP contribution is 2.41. The largest absolute Gasteiger partial charge is 0.291 e. The maximum atomic E-state index is 13.4. The van der Waals surface area contributed by atoms with Crippen molar-refractivity contribution in [2.24, 2.45) is 0 Å². The maximum absolute atomic E-state index is 13.4. The third-order valence-corrected chi connectivity index (χ3v) is 5.36. The van der Waals surface area contributed by atoms with Crippen LogP contribution in [-0.4, -0.2) is 21.9 Å². The minimum absolute atomic E-state index is 0.126. The monoisotopic (exact) mass is 369 g/mol. The number of piperidine rings is 1. The van der Waals surface area contributed by atoms with E-state index in [0.717, 1.165) is 19.3 Å². The van der Waals surface area contributed by atoms with E-state index in [1.54, 1.807) is 24.3 Å². The molecule has 1 atom stereocenters. The number of carbonyl (C=O) groups excluding carboxylic acids is 1. The van der Waals surface area contributed by atoms with E-state index in [2.05, 4.69) is 27.7 Å². The molecule has 0 aliphatic carbocycles. The van der Waals surface area contributed by atoms with Crippen molar-refractivity contribution in [3.8, 4) is 0 Å². The van der Waals surface area contributed by atoms with Crippen molar-refractivity contribution in [2.45, 2.75) is 64.1 Å². The normalized spacial score (nSPS) is 20.2. The summed E-state index contributed by atoms with van der Waals surface area (Å²) >= 11 is 0. The topological polar surface area (TPSA) is 29.5 Å². The molecule has 1 fully saturated rings. The summed E-state index contributed by atoms with van der Waals surface area (Å²) in [6.07, 6.45) is 2.29. The molecule has 1 saturated heterocycles. The average molecular weight is 369 g/mol. The van der Waals surface area contributed by atoms with Gasteiger partial charge in [0, 0.05) is 16.6 Å². The van der Waals surface area contributed by atoms with E-state index in [1.165, 1.54) is 12.1 Å². The van der Waals surface area contributed by atoms with Gasteiger partial charge in [-0.2, -0.15) is 5.06 Å². The minimum Gasteiger partial charge on any atom is -0.291 e. The number of hydroxylamine groups is 2. The predicted molar refractivity (Wildman–Crippen MR) is 105 cm³/mol. The standard InChI is InChI=1S/C23H28FNO2/c1-22(2)15-8-16-23(3,4)25(22)27-21(18-11-13-19(24)14-12-18)20(26)17-9-6-5-7-10-17/h5-7,9-14,21H,8,15-16H2,1-4H3. The van der Waals surface area contributed by atoms with E-state index < -0.39 is 6.10 Å². The Labute approximate surface area is 161 Å². The second kappa shape index (κ2) is 7.53. The molecule has 4 heteroatoms. The minimum atomic E-state index is -0.815. The molecule has 0 N–H and O–H groups in total. The molecule has 2 aromatic rings. The first kappa shape index (κ1) is 19.7. The number of rotatable bonds is 5. The number of ketones is 1. The van der Waals surface area contributed by atoms with E-state index in [1.807, 2.05) is 23.3 Å². The number of hydrogen-bond donors (Lipinski definition) is 0. The van der Waals surface area contributed by atoms with Gasteiger partial charge >= 0.3 is 0 Å². The molecule has 1 heterocycles. The lowest BCUT2D eigenvalue weighted by Crippen LogP contribution is -2.58. The average Bonchev–Trinajstić information content (AvgIpc) is 2.62. The summed E-state index contributed by atoms with van der Waals surface area (Å²) < 4.78 is 13.4. The van der Waals surface area contributed by atoms with Crippen LogP contribution in [0.2, 0.25) is 0 Å².